The molecule has 0 aromatic heterocycles. The van der Waals surface area contributed by atoms with Crippen molar-refractivity contribution in [3.05, 3.63) is 0 Å². The van der Waals surface area contributed by atoms with Crippen molar-refractivity contribution in [3.8, 4) is 0 Å². The van der Waals surface area contributed by atoms with Crippen LogP contribution in [0.3, 0.4) is 0 Å². The van der Waals surface area contributed by atoms with E-state index in [1.165, 1.54) is 19.3 Å². The second-order valence-corrected chi connectivity index (χ2v) is 6.18. The SMILES string of the molecule is COC1(CNC2CC(C)CC(C)C2)CCOC1. The second-order valence-electron chi connectivity index (χ2n) is 6.18. The Morgan fingerprint density at radius 3 is 2.47 bits per heavy atom. The Kier molecular flexibility index (Phi) is 4.45. The van der Waals surface area contributed by atoms with Crippen molar-refractivity contribution >= 4 is 0 Å². The first-order valence-electron chi connectivity index (χ1n) is 7.00. The first kappa shape index (κ1) is 13.3. The smallest absolute Gasteiger partial charge is 0.106 e. The van der Waals surface area contributed by atoms with Crippen molar-refractivity contribution in [1.29, 1.82) is 0 Å². The van der Waals surface area contributed by atoms with Gasteiger partial charge in [-0.15, -0.1) is 0 Å². The molecule has 1 aliphatic heterocycles. The fraction of sp³-hybridized carbons (Fsp3) is 1.00. The molecule has 1 heterocycles. The van der Waals surface area contributed by atoms with Gasteiger partial charge in [-0.25, -0.2) is 0 Å². The monoisotopic (exact) mass is 241 g/mol. The summed E-state index contributed by atoms with van der Waals surface area (Å²) in [5.74, 6) is 1.71. The third-order valence-corrected chi connectivity index (χ3v) is 4.39. The average Bonchev–Trinajstić information content (AvgIpc) is 2.74. The maximum atomic E-state index is 5.66. The number of hydrogen-bond acceptors (Lipinski definition) is 3. The molecule has 2 rings (SSSR count). The molecule has 3 unspecified atom stereocenters. The van der Waals surface area contributed by atoms with Gasteiger partial charge in [0.05, 0.1) is 6.61 Å². The fourth-order valence-electron chi connectivity index (χ4n) is 3.41. The quantitative estimate of drug-likeness (QED) is 0.818. The minimum absolute atomic E-state index is 0.0656. The van der Waals surface area contributed by atoms with Crippen LogP contribution in [0.15, 0.2) is 0 Å². The molecule has 1 saturated carbocycles. The molecular weight excluding hydrogens is 214 g/mol. The Labute approximate surface area is 105 Å². The Bertz CT molecular complexity index is 228. The molecule has 1 saturated heterocycles. The molecule has 0 aromatic rings. The lowest BCUT2D eigenvalue weighted by molar-refractivity contribution is -0.0191. The molecule has 0 aromatic carbocycles. The fourth-order valence-corrected chi connectivity index (χ4v) is 3.41. The third kappa shape index (κ3) is 3.43. The molecule has 2 fully saturated rings. The van der Waals surface area contributed by atoms with Crippen LogP contribution in [0.4, 0.5) is 0 Å². The molecular formula is C14H27NO2. The van der Waals surface area contributed by atoms with Crippen LogP contribution in [-0.2, 0) is 9.47 Å². The molecule has 0 radical (unpaired) electrons. The predicted molar refractivity (Wildman–Crippen MR) is 69.1 cm³/mol. The highest BCUT2D eigenvalue weighted by Crippen LogP contribution is 2.29. The summed E-state index contributed by atoms with van der Waals surface area (Å²) in [6.45, 7) is 7.26. The van der Waals surface area contributed by atoms with Crippen LogP contribution in [0.2, 0.25) is 0 Å². The van der Waals surface area contributed by atoms with E-state index in [9.17, 15) is 0 Å². The van der Waals surface area contributed by atoms with E-state index in [-0.39, 0.29) is 5.60 Å². The Morgan fingerprint density at radius 2 is 1.94 bits per heavy atom. The molecule has 3 heteroatoms. The lowest BCUT2D eigenvalue weighted by atomic mass is 9.80. The molecule has 1 aliphatic carbocycles. The van der Waals surface area contributed by atoms with Gasteiger partial charge in [-0.3, -0.25) is 0 Å². The molecule has 0 bridgehead atoms. The van der Waals surface area contributed by atoms with Crippen LogP contribution in [0.25, 0.3) is 0 Å². The maximum Gasteiger partial charge on any atom is 0.106 e. The molecule has 3 atom stereocenters. The van der Waals surface area contributed by atoms with Gasteiger partial charge in [0.15, 0.2) is 0 Å². The Morgan fingerprint density at radius 1 is 1.24 bits per heavy atom. The van der Waals surface area contributed by atoms with E-state index in [0.29, 0.717) is 6.04 Å². The van der Waals surface area contributed by atoms with Gasteiger partial charge in [0.1, 0.15) is 5.60 Å². The van der Waals surface area contributed by atoms with Gasteiger partial charge >= 0.3 is 0 Å². The highest BCUT2D eigenvalue weighted by atomic mass is 16.5. The highest BCUT2D eigenvalue weighted by molar-refractivity contribution is 4.89. The molecule has 17 heavy (non-hydrogen) atoms. The summed E-state index contributed by atoms with van der Waals surface area (Å²) in [6, 6.07) is 0.668. The number of hydrogen-bond donors (Lipinski definition) is 1. The second kappa shape index (κ2) is 5.68. The summed E-state index contributed by atoms with van der Waals surface area (Å²) in [7, 11) is 1.81. The molecule has 2 aliphatic rings. The van der Waals surface area contributed by atoms with Crippen molar-refractivity contribution in [3.63, 3.8) is 0 Å². The van der Waals surface area contributed by atoms with Gasteiger partial charge in [-0.05, 0) is 31.1 Å². The zero-order chi connectivity index (χ0) is 12.3. The predicted octanol–water partition coefficient (Wildman–Crippen LogP) is 2.21. The summed E-state index contributed by atoms with van der Waals surface area (Å²) in [4.78, 5) is 0. The van der Waals surface area contributed by atoms with E-state index >= 15 is 0 Å². The van der Waals surface area contributed by atoms with Crippen molar-refractivity contribution in [2.75, 3.05) is 26.9 Å². The van der Waals surface area contributed by atoms with Crippen molar-refractivity contribution in [2.24, 2.45) is 11.8 Å². The average molecular weight is 241 g/mol. The standard InChI is InChI=1S/C14H27NO2/c1-11-6-12(2)8-13(7-11)15-9-14(16-3)4-5-17-10-14/h11-13,15H,4-10H2,1-3H3. The number of rotatable bonds is 4. The van der Waals surface area contributed by atoms with Gasteiger partial charge in [-0.2, -0.15) is 0 Å². The van der Waals surface area contributed by atoms with E-state index < -0.39 is 0 Å². The number of nitrogens with one attached hydrogen (secondary N) is 1. The highest BCUT2D eigenvalue weighted by Gasteiger charge is 2.35. The molecule has 1 N–H and O–H groups in total. The van der Waals surface area contributed by atoms with E-state index in [1.807, 2.05) is 7.11 Å². The summed E-state index contributed by atoms with van der Waals surface area (Å²) in [6.07, 6.45) is 5.03. The lowest BCUT2D eigenvalue weighted by Gasteiger charge is -2.35. The van der Waals surface area contributed by atoms with Crippen LogP contribution in [0, 0.1) is 11.8 Å². The largest absolute Gasteiger partial charge is 0.378 e. The normalized spacial score (nSPS) is 42.9. The van der Waals surface area contributed by atoms with Crippen LogP contribution in [-0.4, -0.2) is 38.5 Å². The first-order chi connectivity index (χ1) is 8.13. The third-order valence-electron chi connectivity index (χ3n) is 4.39. The van der Waals surface area contributed by atoms with Gasteiger partial charge in [0, 0.05) is 32.7 Å². The Balaban J connectivity index is 1.80. The zero-order valence-corrected chi connectivity index (χ0v) is 11.5. The van der Waals surface area contributed by atoms with E-state index in [4.69, 9.17) is 9.47 Å². The van der Waals surface area contributed by atoms with Crippen LogP contribution in [0.5, 0.6) is 0 Å². The molecule has 0 amide bonds. The van der Waals surface area contributed by atoms with E-state index in [2.05, 4.69) is 19.2 Å². The van der Waals surface area contributed by atoms with Crippen LogP contribution < -0.4 is 5.32 Å². The van der Waals surface area contributed by atoms with Gasteiger partial charge in [-0.1, -0.05) is 13.8 Å². The Hall–Kier alpha value is -0.120. The van der Waals surface area contributed by atoms with Gasteiger partial charge in [0.2, 0.25) is 0 Å². The minimum Gasteiger partial charge on any atom is -0.378 e. The number of ether oxygens (including phenoxy) is 2. The topological polar surface area (TPSA) is 30.5 Å². The van der Waals surface area contributed by atoms with Crippen LogP contribution in [0.1, 0.15) is 39.5 Å². The first-order valence-corrected chi connectivity index (χ1v) is 7.00. The maximum absolute atomic E-state index is 5.66. The van der Waals surface area contributed by atoms with Crippen molar-refractivity contribution in [2.45, 2.75) is 51.2 Å². The summed E-state index contributed by atoms with van der Waals surface area (Å²) >= 11 is 0. The molecule has 0 spiro atoms. The molecule has 3 nitrogen and oxygen atoms in total. The van der Waals surface area contributed by atoms with Gasteiger partial charge < -0.3 is 14.8 Å². The minimum atomic E-state index is -0.0656. The van der Waals surface area contributed by atoms with Gasteiger partial charge in [0.25, 0.3) is 0 Å². The summed E-state index contributed by atoms with van der Waals surface area (Å²) < 4.78 is 11.1. The molecule has 100 valence electrons. The summed E-state index contributed by atoms with van der Waals surface area (Å²) in [5, 5.41) is 3.71. The van der Waals surface area contributed by atoms with Crippen LogP contribution >= 0.6 is 0 Å². The summed E-state index contributed by atoms with van der Waals surface area (Å²) in [5.41, 5.74) is -0.0656. The van der Waals surface area contributed by atoms with E-state index in [0.717, 1.165) is 38.0 Å². The number of methoxy groups -OCH3 is 1. The van der Waals surface area contributed by atoms with Crippen molar-refractivity contribution < 1.29 is 9.47 Å². The van der Waals surface area contributed by atoms with Crippen molar-refractivity contribution in [1.82, 2.24) is 5.32 Å². The van der Waals surface area contributed by atoms with E-state index in [1.54, 1.807) is 0 Å². The lowest BCUT2D eigenvalue weighted by Crippen LogP contribution is -2.48. The zero-order valence-electron chi connectivity index (χ0n) is 11.5.